The number of hydrogen-bond donors (Lipinski definition) is 3. The van der Waals surface area contributed by atoms with Crippen molar-refractivity contribution in [2.24, 2.45) is 5.73 Å². The number of amides is 4. The molecule has 4 N–H and O–H groups in total. The van der Waals surface area contributed by atoms with Crippen molar-refractivity contribution in [1.82, 2.24) is 10.9 Å². The number of nitrogens with one attached hydrogen (secondary N) is 2. The second-order valence-corrected chi connectivity index (χ2v) is 4.16. The van der Waals surface area contributed by atoms with E-state index < -0.39 is 18.0 Å². The van der Waals surface area contributed by atoms with Crippen LogP contribution in [0, 0.1) is 0 Å². The van der Waals surface area contributed by atoms with Crippen LogP contribution in [0.2, 0.25) is 0 Å². The van der Waals surface area contributed by atoms with Crippen LogP contribution in [-0.2, 0) is 9.59 Å². The Balaban J connectivity index is 2.13. The molecule has 106 valence electrons. The first-order valence-corrected chi connectivity index (χ1v) is 5.84. The average molecular weight is 278 g/mol. The van der Waals surface area contributed by atoms with Gasteiger partial charge in [-0.2, -0.15) is 0 Å². The highest BCUT2D eigenvalue weighted by Gasteiger charge is 2.39. The molecular formula is C12H14N4O4. The summed E-state index contributed by atoms with van der Waals surface area (Å²) >= 11 is 0. The lowest BCUT2D eigenvalue weighted by atomic mass is 10.2. The molecule has 0 unspecified atom stereocenters. The minimum absolute atomic E-state index is 0.0505. The van der Waals surface area contributed by atoms with Gasteiger partial charge in [-0.3, -0.25) is 15.0 Å². The summed E-state index contributed by atoms with van der Waals surface area (Å²) in [4.78, 5) is 35.6. The zero-order valence-corrected chi connectivity index (χ0v) is 10.8. The van der Waals surface area contributed by atoms with Crippen LogP contribution in [-0.4, -0.2) is 31.0 Å². The summed E-state index contributed by atoms with van der Waals surface area (Å²) in [6.07, 6.45) is -0.0505. The maximum atomic E-state index is 12.1. The number of methoxy groups -OCH3 is 1. The maximum Gasteiger partial charge on any atom is 0.326 e. The van der Waals surface area contributed by atoms with Crippen LogP contribution < -0.4 is 26.2 Å². The highest BCUT2D eigenvalue weighted by Crippen LogP contribution is 2.24. The lowest BCUT2D eigenvalue weighted by molar-refractivity contribution is -0.121. The molecule has 4 amide bonds. The number of nitrogens with zero attached hydrogens (tertiary/aromatic N) is 1. The van der Waals surface area contributed by atoms with E-state index >= 15 is 0 Å². The van der Waals surface area contributed by atoms with Crippen LogP contribution in [0.5, 0.6) is 5.75 Å². The number of hydrazine groups is 1. The van der Waals surface area contributed by atoms with Gasteiger partial charge < -0.3 is 10.5 Å². The topological polar surface area (TPSA) is 114 Å². The molecule has 1 fully saturated rings. The second-order valence-electron chi connectivity index (χ2n) is 4.16. The van der Waals surface area contributed by atoms with Crippen LogP contribution in [0.1, 0.15) is 6.42 Å². The van der Waals surface area contributed by atoms with Gasteiger partial charge >= 0.3 is 6.03 Å². The summed E-state index contributed by atoms with van der Waals surface area (Å²) in [7, 11) is 1.52. The van der Waals surface area contributed by atoms with E-state index in [1.54, 1.807) is 24.3 Å². The van der Waals surface area contributed by atoms with Gasteiger partial charge in [-0.1, -0.05) is 0 Å². The third kappa shape index (κ3) is 2.69. The van der Waals surface area contributed by atoms with Gasteiger partial charge in [-0.25, -0.2) is 15.1 Å². The highest BCUT2D eigenvalue weighted by molar-refractivity contribution is 6.22. The van der Waals surface area contributed by atoms with Crippen molar-refractivity contribution < 1.29 is 19.1 Å². The molecule has 0 saturated carbocycles. The minimum Gasteiger partial charge on any atom is -0.497 e. The molecule has 20 heavy (non-hydrogen) atoms. The number of carbonyl (C=O) groups excluding carboxylic acids is 3. The number of urea groups is 1. The van der Waals surface area contributed by atoms with Gasteiger partial charge in [0.05, 0.1) is 19.2 Å². The van der Waals surface area contributed by atoms with E-state index in [9.17, 15) is 14.4 Å². The first-order valence-electron chi connectivity index (χ1n) is 5.84. The van der Waals surface area contributed by atoms with Gasteiger partial charge in [0.1, 0.15) is 11.8 Å². The largest absolute Gasteiger partial charge is 0.497 e. The fourth-order valence-electron chi connectivity index (χ4n) is 1.91. The molecule has 1 aromatic carbocycles. The molecule has 0 aliphatic carbocycles. The highest BCUT2D eigenvalue weighted by atomic mass is 16.5. The van der Waals surface area contributed by atoms with E-state index in [0.29, 0.717) is 11.4 Å². The number of hydrogen-bond acceptors (Lipinski definition) is 5. The molecule has 1 aliphatic rings. The molecule has 0 aromatic heterocycles. The average Bonchev–Trinajstić information content (AvgIpc) is 2.71. The van der Waals surface area contributed by atoms with Crippen molar-refractivity contribution in [1.29, 1.82) is 0 Å². The van der Waals surface area contributed by atoms with E-state index in [1.807, 2.05) is 0 Å². The predicted molar refractivity (Wildman–Crippen MR) is 69.7 cm³/mol. The number of carbonyl (C=O) groups is 3. The first kappa shape index (κ1) is 13.8. The van der Waals surface area contributed by atoms with E-state index in [-0.39, 0.29) is 12.3 Å². The Kier molecular flexibility index (Phi) is 3.85. The Bertz CT molecular complexity index is 543. The molecule has 1 aromatic rings. The van der Waals surface area contributed by atoms with E-state index in [4.69, 9.17) is 10.5 Å². The standard InChI is InChI=1S/C12H14N4O4/c1-20-8-4-2-7(3-5-8)16-10(17)6-9(11(16)18)14-15-12(13)19/h2-5,9,14H,6H2,1H3,(H3,13,15,19)/t9-/m1/s1. The molecule has 8 heteroatoms. The monoisotopic (exact) mass is 278 g/mol. The first-order chi connectivity index (χ1) is 9.52. The summed E-state index contributed by atoms with van der Waals surface area (Å²) in [5, 5.41) is 0. The summed E-state index contributed by atoms with van der Waals surface area (Å²) < 4.78 is 5.01. The summed E-state index contributed by atoms with van der Waals surface area (Å²) in [6.45, 7) is 0. The number of ether oxygens (including phenoxy) is 1. The molecule has 1 saturated heterocycles. The summed E-state index contributed by atoms with van der Waals surface area (Å²) in [6, 6.07) is 4.87. The van der Waals surface area contributed by atoms with E-state index in [1.165, 1.54) is 7.11 Å². The van der Waals surface area contributed by atoms with Crippen LogP contribution in [0.15, 0.2) is 24.3 Å². The normalized spacial score (nSPS) is 18.2. The molecule has 2 rings (SSSR count). The van der Waals surface area contributed by atoms with Crippen molar-refractivity contribution in [3.05, 3.63) is 24.3 Å². The van der Waals surface area contributed by atoms with Gasteiger partial charge in [0, 0.05) is 0 Å². The van der Waals surface area contributed by atoms with Gasteiger partial charge in [-0.05, 0) is 24.3 Å². The molecule has 1 heterocycles. The predicted octanol–water partition coefficient (Wildman–Crippen LogP) is -0.500. The molecule has 0 spiro atoms. The van der Waals surface area contributed by atoms with Crippen LogP contribution >= 0.6 is 0 Å². The summed E-state index contributed by atoms with van der Waals surface area (Å²) in [5.41, 5.74) is 9.86. The molecule has 0 bridgehead atoms. The third-order valence-electron chi connectivity index (χ3n) is 2.85. The molecule has 1 aliphatic heterocycles. The fraction of sp³-hybridized carbons (Fsp3) is 0.250. The van der Waals surface area contributed by atoms with Crippen molar-refractivity contribution in [2.75, 3.05) is 12.0 Å². The summed E-state index contributed by atoms with van der Waals surface area (Å²) in [5.74, 6) is -0.184. The zero-order chi connectivity index (χ0) is 14.7. The number of nitrogens with two attached hydrogens (primary N) is 1. The molecule has 8 nitrogen and oxygen atoms in total. The van der Waals surface area contributed by atoms with Gasteiger partial charge in [0.15, 0.2) is 0 Å². The molecule has 1 atom stereocenters. The number of rotatable bonds is 4. The lowest BCUT2D eigenvalue weighted by Gasteiger charge is -2.15. The number of benzene rings is 1. The zero-order valence-electron chi connectivity index (χ0n) is 10.8. The van der Waals surface area contributed by atoms with Gasteiger partial charge in [0.2, 0.25) is 5.91 Å². The van der Waals surface area contributed by atoms with Crippen LogP contribution in [0.25, 0.3) is 0 Å². The molecular weight excluding hydrogens is 264 g/mol. The van der Waals surface area contributed by atoms with E-state index in [2.05, 4.69) is 10.9 Å². The Hall–Kier alpha value is -2.61. The van der Waals surface area contributed by atoms with Crippen LogP contribution in [0.4, 0.5) is 10.5 Å². The van der Waals surface area contributed by atoms with Crippen molar-refractivity contribution in [3.8, 4) is 5.75 Å². The van der Waals surface area contributed by atoms with Crippen molar-refractivity contribution >= 4 is 23.5 Å². The number of primary amides is 1. The third-order valence-corrected chi connectivity index (χ3v) is 2.85. The Morgan fingerprint density at radius 1 is 1.35 bits per heavy atom. The van der Waals surface area contributed by atoms with Gasteiger partial charge in [0.25, 0.3) is 5.91 Å². The molecule has 0 radical (unpaired) electrons. The number of imide groups is 1. The van der Waals surface area contributed by atoms with Crippen molar-refractivity contribution in [3.63, 3.8) is 0 Å². The second kappa shape index (κ2) is 5.57. The SMILES string of the molecule is COc1ccc(N2C(=O)C[C@@H](NNC(N)=O)C2=O)cc1. The Morgan fingerprint density at radius 3 is 2.55 bits per heavy atom. The fourth-order valence-corrected chi connectivity index (χ4v) is 1.91. The quantitative estimate of drug-likeness (QED) is 0.507. The smallest absolute Gasteiger partial charge is 0.326 e. The Labute approximate surface area is 114 Å². The minimum atomic E-state index is -0.826. The lowest BCUT2D eigenvalue weighted by Crippen LogP contribution is -2.50. The van der Waals surface area contributed by atoms with E-state index in [0.717, 1.165) is 4.90 Å². The van der Waals surface area contributed by atoms with Crippen LogP contribution in [0.3, 0.4) is 0 Å². The van der Waals surface area contributed by atoms with Crippen molar-refractivity contribution in [2.45, 2.75) is 12.5 Å². The Morgan fingerprint density at radius 2 is 2.00 bits per heavy atom. The van der Waals surface area contributed by atoms with Gasteiger partial charge in [-0.15, -0.1) is 0 Å². The maximum absolute atomic E-state index is 12.1. The number of anilines is 1.